The van der Waals surface area contributed by atoms with E-state index in [1.807, 2.05) is 0 Å². The highest BCUT2D eigenvalue weighted by Gasteiger charge is 2.17. The van der Waals surface area contributed by atoms with Gasteiger partial charge in [-0.05, 0) is 25.5 Å². The number of rotatable bonds is 5. The number of benzene rings is 1. The highest BCUT2D eigenvalue weighted by molar-refractivity contribution is 7.89. The Morgan fingerprint density at radius 2 is 2.12 bits per heavy atom. The fraction of sp³-hybridized carbons (Fsp3) is 0.250. The van der Waals surface area contributed by atoms with Crippen LogP contribution in [0.4, 0.5) is 0 Å². The van der Waals surface area contributed by atoms with Gasteiger partial charge in [0.15, 0.2) is 5.78 Å². The molecule has 0 spiro atoms. The van der Waals surface area contributed by atoms with E-state index in [1.165, 1.54) is 19.1 Å². The van der Waals surface area contributed by atoms with Crippen LogP contribution in [-0.2, 0) is 10.0 Å². The first-order valence-electron chi connectivity index (χ1n) is 5.10. The summed E-state index contributed by atoms with van der Waals surface area (Å²) in [5.41, 5.74) is 0.987. The minimum Gasteiger partial charge on any atom is -0.295 e. The number of hydrogen-bond acceptors (Lipinski definition) is 3. The highest BCUT2D eigenvalue weighted by atomic mass is 32.2. The lowest BCUT2D eigenvalue weighted by molar-refractivity contribution is 0.101. The Kier molecular flexibility index (Phi) is 4.20. The van der Waals surface area contributed by atoms with Crippen LogP contribution in [0.5, 0.6) is 0 Å². The average Bonchev–Trinajstić information content (AvgIpc) is 2.26. The maximum Gasteiger partial charge on any atom is 0.241 e. The van der Waals surface area contributed by atoms with E-state index in [9.17, 15) is 13.2 Å². The molecule has 0 bridgehead atoms. The predicted molar refractivity (Wildman–Crippen MR) is 66.6 cm³/mol. The number of aryl methyl sites for hydroxylation is 1. The molecular formula is C12H15NO3S. The van der Waals surface area contributed by atoms with E-state index in [0.717, 1.165) is 0 Å². The van der Waals surface area contributed by atoms with E-state index < -0.39 is 10.0 Å². The van der Waals surface area contributed by atoms with Crippen molar-refractivity contribution in [2.75, 3.05) is 6.54 Å². The molecule has 0 aliphatic heterocycles. The Labute approximate surface area is 101 Å². The molecule has 1 N–H and O–H groups in total. The molecule has 92 valence electrons. The Morgan fingerprint density at radius 3 is 2.65 bits per heavy atom. The van der Waals surface area contributed by atoms with Crippen LogP contribution >= 0.6 is 0 Å². The second kappa shape index (κ2) is 5.25. The summed E-state index contributed by atoms with van der Waals surface area (Å²) in [7, 11) is -3.58. The summed E-state index contributed by atoms with van der Waals surface area (Å²) < 4.78 is 26.2. The quantitative estimate of drug-likeness (QED) is 0.641. The van der Waals surface area contributed by atoms with E-state index >= 15 is 0 Å². The minimum atomic E-state index is -3.58. The molecule has 0 saturated heterocycles. The summed E-state index contributed by atoms with van der Waals surface area (Å²) >= 11 is 0. The van der Waals surface area contributed by atoms with Crippen LogP contribution in [0.15, 0.2) is 35.7 Å². The summed E-state index contributed by atoms with van der Waals surface area (Å²) in [4.78, 5) is 11.4. The number of ketones is 1. The Morgan fingerprint density at radius 1 is 1.47 bits per heavy atom. The van der Waals surface area contributed by atoms with E-state index in [-0.39, 0.29) is 17.2 Å². The Bertz CT molecular complexity index is 547. The van der Waals surface area contributed by atoms with Gasteiger partial charge in [0.1, 0.15) is 0 Å². The van der Waals surface area contributed by atoms with Gasteiger partial charge in [-0.2, -0.15) is 0 Å². The standard InChI is InChI=1S/C12H15NO3S/c1-4-7-13-17(15,16)12-8-11(10(3)14)6-5-9(12)2/h4-6,8,13H,1,7H2,2-3H3. The van der Waals surface area contributed by atoms with Crippen molar-refractivity contribution in [3.8, 4) is 0 Å². The molecule has 1 aromatic rings. The van der Waals surface area contributed by atoms with Gasteiger partial charge in [-0.1, -0.05) is 18.2 Å². The average molecular weight is 253 g/mol. The molecule has 0 saturated carbocycles. The van der Waals surface area contributed by atoms with Crippen molar-refractivity contribution in [1.29, 1.82) is 0 Å². The van der Waals surface area contributed by atoms with Crippen molar-refractivity contribution in [2.45, 2.75) is 18.7 Å². The van der Waals surface area contributed by atoms with Crippen molar-refractivity contribution >= 4 is 15.8 Å². The zero-order valence-electron chi connectivity index (χ0n) is 9.86. The third kappa shape index (κ3) is 3.25. The first-order chi connectivity index (χ1) is 7.88. The second-order valence-corrected chi connectivity index (χ2v) is 5.41. The SMILES string of the molecule is C=CCNS(=O)(=O)c1cc(C(C)=O)ccc1C. The van der Waals surface area contributed by atoms with Crippen molar-refractivity contribution in [3.05, 3.63) is 42.0 Å². The number of carbonyl (C=O) groups excluding carboxylic acids is 1. The van der Waals surface area contributed by atoms with Gasteiger partial charge in [0.05, 0.1) is 4.90 Å². The fourth-order valence-corrected chi connectivity index (χ4v) is 2.62. The maximum absolute atomic E-state index is 11.9. The van der Waals surface area contributed by atoms with Crippen molar-refractivity contribution in [3.63, 3.8) is 0 Å². The zero-order valence-corrected chi connectivity index (χ0v) is 10.7. The van der Waals surface area contributed by atoms with Crippen LogP contribution in [0.1, 0.15) is 22.8 Å². The van der Waals surface area contributed by atoms with Crippen LogP contribution < -0.4 is 4.72 Å². The van der Waals surface area contributed by atoms with Crippen LogP contribution in [0, 0.1) is 6.92 Å². The zero-order chi connectivity index (χ0) is 13.1. The maximum atomic E-state index is 11.9. The number of sulfonamides is 1. The molecule has 0 radical (unpaired) electrons. The third-order valence-corrected chi connectivity index (χ3v) is 3.87. The molecule has 0 heterocycles. The third-order valence-electron chi connectivity index (χ3n) is 2.30. The van der Waals surface area contributed by atoms with Gasteiger partial charge < -0.3 is 0 Å². The van der Waals surface area contributed by atoms with Crippen molar-refractivity contribution < 1.29 is 13.2 Å². The largest absolute Gasteiger partial charge is 0.295 e. The Balaban J connectivity index is 3.25. The van der Waals surface area contributed by atoms with Gasteiger partial charge in [-0.25, -0.2) is 13.1 Å². The van der Waals surface area contributed by atoms with Crippen LogP contribution in [0.2, 0.25) is 0 Å². The van der Waals surface area contributed by atoms with E-state index in [4.69, 9.17) is 0 Å². The van der Waals surface area contributed by atoms with E-state index in [0.29, 0.717) is 11.1 Å². The highest BCUT2D eigenvalue weighted by Crippen LogP contribution is 2.17. The molecule has 17 heavy (non-hydrogen) atoms. The van der Waals surface area contributed by atoms with Crippen molar-refractivity contribution in [1.82, 2.24) is 4.72 Å². The number of carbonyl (C=O) groups is 1. The predicted octanol–water partition coefficient (Wildman–Crippen LogP) is 1.66. The van der Waals surface area contributed by atoms with Gasteiger partial charge in [0, 0.05) is 12.1 Å². The summed E-state index contributed by atoms with van der Waals surface area (Å²) in [5.74, 6) is -0.162. The molecule has 1 rings (SSSR count). The van der Waals surface area contributed by atoms with Gasteiger partial charge in [0.2, 0.25) is 10.0 Å². The minimum absolute atomic E-state index is 0.132. The number of Topliss-reactive ketones (excluding diaryl/α,β-unsaturated/α-hetero) is 1. The topological polar surface area (TPSA) is 63.2 Å². The molecule has 0 amide bonds. The van der Waals surface area contributed by atoms with Gasteiger partial charge in [-0.15, -0.1) is 6.58 Å². The lowest BCUT2D eigenvalue weighted by atomic mass is 10.1. The van der Waals surface area contributed by atoms with Gasteiger partial charge in [0.25, 0.3) is 0 Å². The molecule has 0 atom stereocenters. The first-order valence-corrected chi connectivity index (χ1v) is 6.59. The summed E-state index contributed by atoms with van der Waals surface area (Å²) in [5, 5.41) is 0. The summed E-state index contributed by atoms with van der Waals surface area (Å²) in [6.45, 7) is 6.69. The molecule has 0 aliphatic carbocycles. The van der Waals surface area contributed by atoms with E-state index in [1.54, 1.807) is 19.1 Å². The monoisotopic (exact) mass is 253 g/mol. The van der Waals surface area contributed by atoms with Crippen molar-refractivity contribution in [2.24, 2.45) is 0 Å². The van der Waals surface area contributed by atoms with Gasteiger partial charge in [-0.3, -0.25) is 4.79 Å². The molecule has 0 aliphatic rings. The van der Waals surface area contributed by atoms with Crippen LogP contribution in [0.3, 0.4) is 0 Å². The molecule has 4 nitrogen and oxygen atoms in total. The molecule has 0 fully saturated rings. The second-order valence-electron chi connectivity index (χ2n) is 3.68. The fourth-order valence-electron chi connectivity index (χ4n) is 1.35. The molecular weight excluding hydrogens is 238 g/mol. The van der Waals surface area contributed by atoms with Gasteiger partial charge >= 0.3 is 0 Å². The summed E-state index contributed by atoms with van der Waals surface area (Å²) in [6.07, 6.45) is 1.46. The van der Waals surface area contributed by atoms with Crippen LogP contribution in [0.25, 0.3) is 0 Å². The molecule has 5 heteroatoms. The van der Waals surface area contributed by atoms with Crippen LogP contribution in [-0.4, -0.2) is 20.7 Å². The normalized spacial score (nSPS) is 11.2. The number of nitrogens with one attached hydrogen (secondary N) is 1. The Hall–Kier alpha value is -1.46. The lowest BCUT2D eigenvalue weighted by Gasteiger charge is -2.09. The number of hydrogen-bond donors (Lipinski definition) is 1. The first kappa shape index (κ1) is 13.6. The summed E-state index contributed by atoms with van der Waals surface area (Å²) in [6, 6.07) is 4.63. The molecule has 0 aromatic heterocycles. The lowest BCUT2D eigenvalue weighted by Crippen LogP contribution is -2.24. The smallest absolute Gasteiger partial charge is 0.241 e. The molecule has 0 unspecified atom stereocenters. The molecule has 1 aromatic carbocycles. The van der Waals surface area contributed by atoms with E-state index in [2.05, 4.69) is 11.3 Å².